The molecule has 2 aromatic heterocycles. The first-order valence-electron chi connectivity index (χ1n) is 9.09. The molecule has 0 unspecified atom stereocenters. The maximum absolute atomic E-state index is 12.7. The minimum atomic E-state index is -4.92. The second-order valence-electron chi connectivity index (χ2n) is 8.08. The highest BCUT2D eigenvalue weighted by Gasteiger charge is 2.56. The lowest BCUT2D eigenvalue weighted by atomic mass is 9.60. The van der Waals surface area contributed by atoms with Gasteiger partial charge in [0, 0.05) is 24.5 Å². The van der Waals surface area contributed by atoms with E-state index in [1.54, 1.807) is 10.6 Å². The summed E-state index contributed by atoms with van der Waals surface area (Å²) >= 11 is 6.16. The summed E-state index contributed by atoms with van der Waals surface area (Å²) in [5.41, 5.74) is 1.44. The number of fused-ring (bicyclic) bond motifs is 1. The van der Waals surface area contributed by atoms with Crippen LogP contribution in [0.5, 0.6) is 0 Å². The van der Waals surface area contributed by atoms with Crippen LogP contribution < -0.4 is 10.0 Å². The molecule has 0 radical (unpaired) electrons. The maximum atomic E-state index is 12.7. The molecule has 14 heteroatoms. The van der Waals surface area contributed by atoms with E-state index in [-0.39, 0.29) is 5.41 Å². The smallest absolute Gasteiger partial charge is 0.382 e. The predicted molar refractivity (Wildman–Crippen MR) is 102 cm³/mol. The molecule has 1 saturated heterocycles. The number of aromatic nitrogens is 3. The number of nitrogens with zero attached hydrogens (tertiary/aromatic N) is 5. The predicted octanol–water partition coefficient (Wildman–Crippen LogP) is 1.09. The van der Waals surface area contributed by atoms with Gasteiger partial charge >= 0.3 is 6.18 Å². The van der Waals surface area contributed by atoms with E-state index in [1.807, 2.05) is 11.8 Å². The highest BCUT2D eigenvalue weighted by Crippen LogP contribution is 2.52. The third-order valence-electron chi connectivity index (χ3n) is 5.84. The summed E-state index contributed by atoms with van der Waals surface area (Å²) in [6.45, 7) is 1.91. The zero-order valence-corrected chi connectivity index (χ0v) is 17.4. The molecule has 0 aromatic carbocycles. The lowest BCUT2D eigenvalue weighted by Crippen LogP contribution is -2.68. The van der Waals surface area contributed by atoms with Gasteiger partial charge in [0.25, 0.3) is 10.2 Å². The highest BCUT2D eigenvalue weighted by molar-refractivity contribution is 7.86. The summed E-state index contributed by atoms with van der Waals surface area (Å²) in [6, 6.07) is 1.09. The van der Waals surface area contributed by atoms with Crippen molar-refractivity contribution in [3.63, 3.8) is 0 Å². The summed E-state index contributed by atoms with van der Waals surface area (Å²) in [7, 11) is -4.39. The Morgan fingerprint density at radius 2 is 2.07 bits per heavy atom. The largest absolute Gasteiger partial charge is 0.415 e. The minimum Gasteiger partial charge on any atom is -0.382 e. The SMILES string of the molecule is Cc1cc(Cl)n2ncnc(N3CC4(CC(N(C[C@H](O)C(F)(F)F)S(N)(=O)=O)C4)C3)c12. The van der Waals surface area contributed by atoms with Crippen LogP contribution in [0, 0.1) is 12.3 Å². The fraction of sp³-hybridized carbons (Fsp3) is 0.625. The number of aliphatic hydroxyl groups is 1. The fourth-order valence-corrected chi connectivity index (χ4v) is 5.65. The van der Waals surface area contributed by atoms with Crippen LogP contribution in [0.1, 0.15) is 18.4 Å². The molecule has 3 N–H and O–H groups in total. The Kier molecular flexibility index (Phi) is 4.97. The highest BCUT2D eigenvalue weighted by atomic mass is 35.5. The molecule has 3 heterocycles. The first-order chi connectivity index (χ1) is 13.8. The van der Waals surface area contributed by atoms with Crippen molar-refractivity contribution in [3.05, 3.63) is 23.1 Å². The van der Waals surface area contributed by atoms with Crippen LogP contribution in [0.25, 0.3) is 5.52 Å². The van der Waals surface area contributed by atoms with Gasteiger partial charge in [-0.1, -0.05) is 11.6 Å². The van der Waals surface area contributed by atoms with Crippen molar-refractivity contribution in [1.82, 2.24) is 18.9 Å². The lowest BCUT2D eigenvalue weighted by Gasteiger charge is -2.60. The molecular weight excluding hydrogens is 449 g/mol. The molecule has 166 valence electrons. The molecule has 2 aliphatic rings. The van der Waals surface area contributed by atoms with Gasteiger partial charge in [0.1, 0.15) is 17.0 Å². The van der Waals surface area contributed by atoms with E-state index in [2.05, 4.69) is 10.1 Å². The molecule has 1 atom stereocenters. The first-order valence-corrected chi connectivity index (χ1v) is 11.0. The van der Waals surface area contributed by atoms with E-state index in [0.717, 1.165) is 11.1 Å². The average molecular weight is 469 g/mol. The standard InChI is InChI=1S/C16H20ClF3N6O3S/c1-9-2-12(17)26-13(9)14(22-8-23-26)24-6-15(7-24)3-10(4-15)25(30(21,28)29)5-11(27)16(18,19)20/h2,8,10-11,27H,3-7H2,1H3,(H2,21,28,29)/t11-/m0/s1. The van der Waals surface area contributed by atoms with Crippen LogP contribution >= 0.6 is 11.6 Å². The molecule has 2 aromatic rings. The van der Waals surface area contributed by atoms with E-state index in [1.165, 1.54) is 6.33 Å². The Morgan fingerprint density at radius 1 is 1.43 bits per heavy atom. The molecule has 0 bridgehead atoms. The van der Waals surface area contributed by atoms with E-state index in [9.17, 15) is 26.7 Å². The van der Waals surface area contributed by atoms with E-state index in [4.69, 9.17) is 16.7 Å². The molecule has 1 aliphatic carbocycles. The van der Waals surface area contributed by atoms with Gasteiger partial charge < -0.3 is 10.0 Å². The second kappa shape index (κ2) is 6.92. The van der Waals surface area contributed by atoms with Gasteiger partial charge in [0.05, 0.1) is 6.54 Å². The molecule has 2 fully saturated rings. The van der Waals surface area contributed by atoms with Gasteiger partial charge in [-0.25, -0.2) is 14.6 Å². The number of halogens is 4. The van der Waals surface area contributed by atoms with Crippen LogP contribution in [0.3, 0.4) is 0 Å². The number of aryl methyl sites for hydroxylation is 1. The second-order valence-corrected chi connectivity index (χ2v) is 9.97. The molecular formula is C16H20ClF3N6O3S. The van der Waals surface area contributed by atoms with E-state index < -0.39 is 35.1 Å². The van der Waals surface area contributed by atoms with Gasteiger partial charge in [-0.3, -0.25) is 0 Å². The summed E-state index contributed by atoms with van der Waals surface area (Å²) in [5, 5.41) is 19.0. The van der Waals surface area contributed by atoms with Crippen molar-refractivity contribution >= 4 is 33.1 Å². The average Bonchev–Trinajstić information content (AvgIpc) is 2.84. The van der Waals surface area contributed by atoms with Crippen molar-refractivity contribution < 1.29 is 26.7 Å². The zero-order chi connectivity index (χ0) is 22.1. The number of aliphatic hydroxyl groups excluding tert-OH is 1. The fourth-order valence-electron chi connectivity index (χ4n) is 4.44. The van der Waals surface area contributed by atoms with Gasteiger partial charge in [0.15, 0.2) is 11.9 Å². The quantitative estimate of drug-likeness (QED) is 0.678. The molecule has 0 amide bonds. The number of nitrogens with two attached hydrogens (primary N) is 1. The number of hydrogen-bond acceptors (Lipinski definition) is 6. The normalized spacial score (nSPS) is 20.6. The maximum Gasteiger partial charge on any atom is 0.415 e. The summed E-state index contributed by atoms with van der Waals surface area (Å²) in [5.74, 6) is 0.694. The Balaban J connectivity index is 1.45. The molecule has 1 saturated carbocycles. The Morgan fingerprint density at radius 3 is 2.63 bits per heavy atom. The Bertz CT molecular complexity index is 1080. The molecule has 1 aliphatic heterocycles. The first kappa shape index (κ1) is 21.6. The Labute approximate surface area is 175 Å². The monoisotopic (exact) mass is 468 g/mol. The minimum absolute atomic E-state index is 0.233. The number of alkyl halides is 3. The Hall–Kier alpha value is -1.67. The van der Waals surface area contributed by atoms with Crippen molar-refractivity contribution in [2.45, 2.75) is 38.1 Å². The summed E-state index contributed by atoms with van der Waals surface area (Å²) < 4.78 is 63.7. The summed E-state index contributed by atoms with van der Waals surface area (Å²) in [4.78, 5) is 6.34. The van der Waals surface area contributed by atoms with Crippen LogP contribution in [0.2, 0.25) is 5.15 Å². The van der Waals surface area contributed by atoms with Crippen LogP contribution in [0.15, 0.2) is 12.4 Å². The number of hydrogen-bond donors (Lipinski definition) is 2. The number of anilines is 1. The third kappa shape index (κ3) is 3.62. The molecule has 30 heavy (non-hydrogen) atoms. The van der Waals surface area contributed by atoms with Crippen LogP contribution in [-0.4, -0.2) is 70.4 Å². The van der Waals surface area contributed by atoms with Crippen molar-refractivity contribution in [2.24, 2.45) is 10.6 Å². The van der Waals surface area contributed by atoms with Gasteiger partial charge in [-0.05, 0) is 31.4 Å². The van der Waals surface area contributed by atoms with Crippen molar-refractivity contribution in [2.75, 3.05) is 24.5 Å². The molecule has 4 rings (SSSR count). The van der Waals surface area contributed by atoms with Crippen LogP contribution in [0.4, 0.5) is 19.0 Å². The molecule has 1 spiro atoms. The van der Waals surface area contributed by atoms with Crippen LogP contribution in [-0.2, 0) is 10.2 Å². The van der Waals surface area contributed by atoms with Gasteiger partial charge in [-0.2, -0.15) is 31.0 Å². The van der Waals surface area contributed by atoms with Gasteiger partial charge in [-0.15, -0.1) is 0 Å². The third-order valence-corrected chi connectivity index (χ3v) is 7.21. The topological polar surface area (TPSA) is 117 Å². The lowest BCUT2D eigenvalue weighted by molar-refractivity contribution is -0.207. The van der Waals surface area contributed by atoms with Crippen molar-refractivity contribution in [3.8, 4) is 0 Å². The van der Waals surface area contributed by atoms with Gasteiger partial charge in [0.2, 0.25) is 0 Å². The van der Waals surface area contributed by atoms with E-state index >= 15 is 0 Å². The van der Waals surface area contributed by atoms with E-state index in [0.29, 0.717) is 41.2 Å². The van der Waals surface area contributed by atoms with Crippen molar-refractivity contribution in [1.29, 1.82) is 0 Å². The molecule has 9 nitrogen and oxygen atoms in total. The summed E-state index contributed by atoms with van der Waals surface area (Å²) in [6.07, 6.45) is -5.61. The number of rotatable bonds is 5. The zero-order valence-electron chi connectivity index (χ0n) is 15.8.